The number of nitrogen functional groups attached to an aromatic ring is 1. The maximum atomic E-state index is 13.3. The Balaban J connectivity index is 1.72. The second kappa shape index (κ2) is 5.65. The van der Waals surface area contributed by atoms with Crippen LogP contribution in [0, 0.1) is 23.5 Å². The van der Waals surface area contributed by atoms with Crippen LogP contribution in [0.1, 0.15) is 5.82 Å². The monoisotopic (exact) mass is 301 g/mol. The van der Waals surface area contributed by atoms with E-state index in [4.69, 9.17) is 10.5 Å². The maximum Gasteiger partial charge on any atom is 0.200 e. The molecule has 3 rings (SSSR count). The number of fused-ring (bicyclic) bond motifs is 1. The third-order valence-electron chi connectivity index (χ3n) is 2.73. The second-order valence-corrected chi connectivity index (χ2v) is 4.18. The zero-order valence-corrected chi connectivity index (χ0v) is 11.1. The van der Waals surface area contributed by atoms with Gasteiger partial charge >= 0.3 is 0 Å². The van der Waals surface area contributed by atoms with Crippen molar-refractivity contribution in [1.82, 2.24) is 19.9 Å². The van der Waals surface area contributed by atoms with Crippen molar-refractivity contribution in [2.75, 3.05) is 12.3 Å². The Labute approximate surface area is 123 Å². The number of aromatic amines is 1. The van der Waals surface area contributed by atoms with Gasteiger partial charge in [-0.1, -0.05) is 12.0 Å². The lowest BCUT2D eigenvalue weighted by molar-refractivity contribution is 0.338. The Bertz CT molecular complexity index is 897. The van der Waals surface area contributed by atoms with Crippen molar-refractivity contribution in [3.05, 3.63) is 42.0 Å². The number of H-pyrrole nitrogens is 1. The molecule has 0 saturated carbocycles. The molecule has 3 aromatic rings. The van der Waals surface area contributed by atoms with E-state index in [1.807, 2.05) is 0 Å². The predicted molar refractivity (Wildman–Crippen MR) is 74.8 cm³/mol. The van der Waals surface area contributed by atoms with Crippen LogP contribution in [-0.2, 0) is 0 Å². The number of nitrogens with one attached hydrogen (secondary N) is 1. The molecule has 0 aliphatic rings. The van der Waals surface area contributed by atoms with E-state index in [2.05, 4.69) is 31.8 Å². The standard InChI is InChI=1S/C14H9F2N5O/c15-8-3-1-4-9(11(8)16)22-6-2-5-10-20-12-13(17)18-7-19-14(12)21-10/h1,3-4,7H,6H2,(H3,17,18,19,20,21). The molecule has 0 aliphatic heterocycles. The van der Waals surface area contributed by atoms with Gasteiger partial charge in [-0.15, -0.1) is 0 Å². The maximum absolute atomic E-state index is 13.3. The molecular weight excluding hydrogens is 292 g/mol. The molecule has 6 nitrogen and oxygen atoms in total. The Morgan fingerprint density at radius 3 is 2.95 bits per heavy atom. The molecule has 1 aromatic carbocycles. The highest BCUT2D eigenvalue weighted by Crippen LogP contribution is 2.18. The second-order valence-electron chi connectivity index (χ2n) is 4.18. The van der Waals surface area contributed by atoms with Crippen molar-refractivity contribution >= 4 is 17.0 Å². The molecule has 8 heteroatoms. The van der Waals surface area contributed by atoms with Crippen LogP contribution >= 0.6 is 0 Å². The number of rotatable bonds is 2. The number of hydrogen-bond donors (Lipinski definition) is 2. The minimum atomic E-state index is -1.05. The van der Waals surface area contributed by atoms with Crippen molar-refractivity contribution in [2.24, 2.45) is 0 Å². The van der Waals surface area contributed by atoms with Gasteiger partial charge in [0.2, 0.25) is 5.82 Å². The van der Waals surface area contributed by atoms with Gasteiger partial charge in [-0.3, -0.25) is 0 Å². The van der Waals surface area contributed by atoms with Crippen LogP contribution in [0.3, 0.4) is 0 Å². The Hall–Kier alpha value is -3.21. The first-order chi connectivity index (χ1) is 10.6. The van der Waals surface area contributed by atoms with Crippen LogP contribution in [0.4, 0.5) is 14.6 Å². The average molecular weight is 301 g/mol. The van der Waals surface area contributed by atoms with Gasteiger partial charge in [-0.2, -0.15) is 4.39 Å². The molecule has 22 heavy (non-hydrogen) atoms. The highest BCUT2D eigenvalue weighted by Gasteiger charge is 2.08. The van der Waals surface area contributed by atoms with Crippen LogP contribution in [-0.4, -0.2) is 26.5 Å². The lowest BCUT2D eigenvalue weighted by Gasteiger charge is -2.02. The van der Waals surface area contributed by atoms with E-state index in [1.165, 1.54) is 18.5 Å². The average Bonchev–Trinajstić information content (AvgIpc) is 2.92. The molecule has 0 saturated heterocycles. The summed E-state index contributed by atoms with van der Waals surface area (Å²) in [4.78, 5) is 14.7. The summed E-state index contributed by atoms with van der Waals surface area (Å²) in [6, 6.07) is 3.67. The zero-order valence-electron chi connectivity index (χ0n) is 11.1. The van der Waals surface area contributed by atoms with E-state index in [-0.39, 0.29) is 18.2 Å². The van der Waals surface area contributed by atoms with Crippen LogP contribution in [0.25, 0.3) is 11.2 Å². The minimum absolute atomic E-state index is 0.126. The summed E-state index contributed by atoms with van der Waals surface area (Å²) < 4.78 is 31.4. The van der Waals surface area contributed by atoms with Gasteiger partial charge in [0.15, 0.2) is 34.4 Å². The fourth-order valence-corrected chi connectivity index (χ4v) is 1.73. The molecule has 2 heterocycles. The number of anilines is 1. The number of ether oxygens (including phenoxy) is 1. The molecule has 2 aromatic heterocycles. The predicted octanol–water partition coefficient (Wildman–Crippen LogP) is 1.64. The molecule has 0 amide bonds. The fourth-order valence-electron chi connectivity index (χ4n) is 1.73. The summed E-state index contributed by atoms with van der Waals surface area (Å²) in [6.07, 6.45) is 1.31. The molecule has 0 radical (unpaired) electrons. The minimum Gasteiger partial charge on any atom is -0.478 e. The fraction of sp³-hybridized carbons (Fsp3) is 0.0714. The largest absolute Gasteiger partial charge is 0.478 e. The number of aromatic nitrogens is 4. The summed E-state index contributed by atoms with van der Waals surface area (Å²) in [6.45, 7) is -0.126. The van der Waals surface area contributed by atoms with Crippen LogP contribution in [0.5, 0.6) is 5.75 Å². The van der Waals surface area contributed by atoms with E-state index in [0.717, 1.165) is 6.07 Å². The van der Waals surface area contributed by atoms with E-state index < -0.39 is 11.6 Å². The Morgan fingerprint density at radius 1 is 1.27 bits per heavy atom. The first-order valence-corrected chi connectivity index (χ1v) is 6.17. The van der Waals surface area contributed by atoms with Crippen molar-refractivity contribution in [3.8, 4) is 17.6 Å². The van der Waals surface area contributed by atoms with Gasteiger partial charge in [0, 0.05) is 0 Å². The topological polar surface area (TPSA) is 89.7 Å². The molecule has 0 unspecified atom stereocenters. The molecule has 0 fully saturated rings. The Kier molecular flexibility index (Phi) is 3.53. The third kappa shape index (κ3) is 2.64. The van der Waals surface area contributed by atoms with E-state index in [1.54, 1.807) is 0 Å². The molecule has 0 bridgehead atoms. The van der Waals surface area contributed by atoms with Crippen molar-refractivity contribution < 1.29 is 13.5 Å². The molecule has 3 N–H and O–H groups in total. The van der Waals surface area contributed by atoms with Gasteiger partial charge in [0.05, 0.1) is 0 Å². The van der Waals surface area contributed by atoms with Crippen molar-refractivity contribution in [1.29, 1.82) is 0 Å². The first-order valence-electron chi connectivity index (χ1n) is 6.17. The molecule has 0 spiro atoms. The molecular formula is C14H9F2N5O. The molecule has 110 valence electrons. The van der Waals surface area contributed by atoms with Gasteiger partial charge < -0.3 is 15.5 Å². The first kappa shape index (κ1) is 13.8. The van der Waals surface area contributed by atoms with Crippen LogP contribution in [0.15, 0.2) is 24.5 Å². The number of nitrogens with zero attached hydrogens (tertiary/aromatic N) is 3. The number of imidazole rings is 1. The summed E-state index contributed by atoms with van der Waals surface area (Å²) in [7, 11) is 0. The number of halogens is 2. The molecule has 0 atom stereocenters. The van der Waals surface area contributed by atoms with Gasteiger partial charge in [-0.05, 0) is 18.1 Å². The van der Waals surface area contributed by atoms with Crippen LogP contribution in [0.2, 0.25) is 0 Å². The highest BCUT2D eigenvalue weighted by molar-refractivity contribution is 5.81. The highest BCUT2D eigenvalue weighted by atomic mass is 19.2. The SMILES string of the molecule is Nc1ncnc2[nH]c(C#CCOc3cccc(F)c3F)nc12. The van der Waals surface area contributed by atoms with Crippen molar-refractivity contribution in [3.63, 3.8) is 0 Å². The van der Waals surface area contributed by atoms with Gasteiger partial charge in [-0.25, -0.2) is 19.3 Å². The van der Waals surface area contributed by atoms with E-state index in [0.29, 0.717) is 17.0 Å². The lowest BCUT2D eigenvalue weighted by Crippen LogP contribution is -1.98. The summed E-state index contributed by atoms with van der Waals surface area (Å²) in [5.41, 5.74) is 6.53. The van der Waals surface area contributed by atoms with Gasteiger partial charge in [0.25, 0.3) is 0 Å². The smallest absolute Gasteiger partial charge is 0.200 e. The summed E-state index contributed by atoms with van der Waals surface area (Å²) in [5.74, 6) is 3.66. The molecule has 0 aliphatic carbocycles. The summed E-state index contributed by atoms with van der Waals surface area (Å²) in [5, 5.41) is 0. The number of hydrogen-bond acceptors (Lipinski definition) is 5. The third-order valence-corrected chi connectivity index (χ3v) is 2.73. The zero-order chi connectivity index (χ0) is 15.5. The van der Waals surface area contributed by atoms with E-state index >= 15 is 0 Å². The van der Waals surface area contributed by atoms with Crippen molar-refractivity contribution in [2.45, 2.75) is 0 Å². The van der Waals surface area contributed by atoms with Crippen LogP contribution < -0.4 is 10.5 Å². The number of benzene rings is 1. The number of nitrogens with two attached hydrogens (primary N) is 1. The normalized spacial score (nSPS) is 10.3. The van der Waals surface area contributed by atoms with Gasteiger partial charge in [0.1, 0.15) is 12.9 Å². The summed E-state index contributed by atoms with van der Waals surface area (Å²) >= 11 is 0. The van der Waals surface area contributed by atoms with E-state index in [9.17, 15) is 8.78 Å². The quantitative estimate of drug-likeness (QED) is 0.702. The lowest BCUT2D eigenvalue weighted by atomic mass is 10.3. The Morgan fingerprint density at radius 2 is 2.14 bits per heavy atom.